The Kier molecular flexibility index (Phi) is 5.06. The smallest absolute Gasteiger partial charge is 0.136 e. The van der Waals surface area contributed by atoms with Crippen LogP contribution in [0.2, 0.25) is 5.94 Å². The molecule has 0 N–H and O–H groups in total. The molecule has 0 rings (SSSR count). The van der Waals surface area contributed by atoms with Gasteiger partial charge in [-0.05, 0) is 11.7 Å². The van der Waals surface area contributed by atoms with Crippen molar-refractivity contribution >= 4 is 58.1 Å². The highest BCUT2D eigenvalue weighted by Gasteiger charge is 2.23. The fourth-order valence-corrected chi connectivity index (χ4v) is 2.41. The summed E-state index contributed by atoms with van der Waals surface area (Å²) >= 11 is 21.9. The second-order valence-corrected chi connectivity index (χ2v) is 11.1. The largest absolute Gasteiger partial charge is 0.334 e. The lowest BCUT2D eigenvalue weighted by Crippen LogP contribution is -2.13. The highest BCUT2D eigenvalue weighted by Crippen LogP contribution is 2.23. The Morgan fingerprint density at radius 1 is 1.25 bits per heavy atom. The number of hydrogen-bond acceptors (Lipinski definition) is 0. The van der Waals surface area contributed by atoms with Gasteiger partial charge in [0.05, 0.1) is 0 Å². The van der Waals surface area contributed by atoms with Gasteiger partial charge in [0, 0.05) is 0 Å². The third kappa shape index (κ3) is 7.44. The van der Waals surface area contributed by atoms with E-state index in [1.54, 1.807) is 0 Å². The van der Waals surface area contributed by atoms with E-state index in [0.717, 1.165) is 7.28 Å². The molecule has 0 aromatic heterocycles. The Hall–Kier alpha value is 1.44. The predicted molar refractivity (Wildman–Crippen MR) is 46.0 cm³/mol. The molecule has 0 fully saturated rings. The Bertz CT molecular complexity index is 61.5. The molecule has 8 heavy (non-hydrogen) atoms. The summed E-state index contributed by atoms with van der Waals surface area (Å²) in [7, 11) is 0.810. The lowest BCUT2D eigenvalue weighted by atomic mass is 9.86. The normalized spacial score (nSPS) is 11.5. The van der Waals surface area contributed by atoms with Crippen LogP contribution in [-0.4, -0.2) is 19.1 Å². The molecule has 0 aromatic carbocycles. The van der Waals surface area contributed by atoms with Crippen LogP contribution in [0.4, 0.5) is 0 Å². The van der Waals surface area contributed by atoms with Crippen LogP contribution in [0, 0.1) is 0 Å². The van der Waals surface area contributed by atoms with Crippen molar-refractivity contribution < 1.29 is 0 Å². The molecule has 0 nitrogen and oxygen atoms in total. The molecular formula is C2H5BCl4Si. The average molecular weight is 210 g/mol. The molecule has 0 saturated heterocycles. The van der Waals surface area contributed by atoms with E-state index in [0.29, 0.717) is 11.7 Å². The Balaban J connectivity index is 3.11. The quantitative estimate of drug-likeness (QED) is 0.380. The first-order valence-corrected chi connectivity index (χ1v) is 7.96. The zero-order valence-electron chi connectivity index (χ0n) is 4.13. The van der Waals surface area contributed by atoms with E-state index < -0.39 is 6.00 Å². The van der Waals surface area contributed by atoms with Crippen LogP contribution in [0.5, 0.6) is 0 Å². The number of rotatable bonds is 3. The third-order valence-corrected chi connectivity index (χ3v) is 3.48. The van der Waals surface area contributed by atoms with Gasteiger partial charge < -0.3 is 0 Å². The summed E-state index contributed by atoms with van der Waals surface area (Å²) in [6.07, 6.45) is 0. The summed E-state index contributed by atoms with van der Waals surface area (Å²) in [4.78, 5) is 0. The summed E-state index contributed by atoms with van der Waals surface area (Å²) in [5.74, 6) is 1.25. The second kappa shape index (κ2) is 4.29. The summed E-state index contributed by atoms with van der Waals surface area (Å²) in [6.45, 7) is 0. The van der Waals surface area contributed by atoms with Gasteiger partial charge in [0.25, 0.3) is 0 Å². The third-order valence-electron chi connectivity index (χ3n) is 0.594. The lowest BCUT2D eigenvalue weighted by molar-refractivity contribution is 1.91. The van der Waals surface area contributed by atoms with Crippen molar-refractivity contribution in [3.63, 3.8) is 0 Å². The topological polar surface area (TPSA) is 0 Å². The Morgan fingerprint density at radius 3 is 1.88 bits per heavy atom. The molecule has 0 amide bonds. The molecule has 0 heterocycles. The minimum absolute atomic E-state index is 0.584. The number of alkyl halides is 1. The number of halogens is 4. The van der Waals surface area contributed by atoms with Gasteiger partial charge in [0.15, 0.2) is 0 Å². The van der Waals surface area contributed by atoms with E-state index in [-0.39, 0.29) is 0 Å². The fourth-order valence-electron chi connectivity index (χ4n) is 0.267. The summed E-state index contributed by atoms with van der Waals surface area (Å²) < 4.78 is 0. The van der Waals surface area contributed by atoms with Gasteiger partial charge in [0.1, 0.15) is 7.28 Å². The second-order valence-electron chi connectivity index (χ2n) is 1.41. The fraction of sp³-hybridized carbons (Fsp3) is 1.00. The van der Waals surface area contributed by atoms with Gasteiger partial charge in [-0.1, -0.05) is 0 Å². The van der Waals surface area contributed by atoms with Gasteiger partial charge in [-0.2, -0.15) is 0 Å². The molecule has 0 radical (unpaired) electrons. The van der Waals surface area contributed by atoms with Crippen molar-refractivity contribution in [2.75, 3.05) is 5.78 Å². The van der Waals surface area contributed by atoms with Gasteiger partial charge in [-0.15, -0.1) is 44.8 Å². The average Bonchev–Trinajstić information content (AvgIpc) is 1.59. The van der Waals surface area contributed by atoms with Gasteiger partial charge in [0.2, 0.25) is 0 Å². The van der Waals surface area contributed by atoms with Crippen molar-refractivity contribution in [1.82, 2.24) is 0 Å². The van der Waals surface area contributed by atoms with E-state index in [9.17, 15) is 0 Å². The molecule has 0 unspecified atom stereocenters. The van der Waals surface area contributed by atoms with E-state index in [4.69, 9.17) is 44.8 Å². The SMILES string of the molecule is ClCBC[Si](Cl)(Cl)Cl. The molecule has 0 spiro atoms. The number of hydrogen-bond donors (Lipinski definition) is 0. The summed E-state index contributed by atoms with van der Waals surface area (Å²) in [5.41, 5.74) is 0. The minimum atomic E-state index is -2.35. The molecular weight excluding hydrogens is 205 g/mol. The standard InChI is InChI=1S/C2H5BCl4Si/c4-1-3-2-8(5,6)7/h3H,1-2H2. The van der Waals surface area contributed by atoms with Crippen LogP contribution in [0.3, 0.4) is 0 Å². The first-order valence-electron chi connectivity index (χ1n) is 2.19. The zero-order valence-corrected chi connectivity index (χ0v) is 8.16. The monoisotopic (exact) mass is 208 g/mol. The van der Waals surface area contributed by atoms with E-state index in [2.05, 4.69) is 0 Å². The molecule has 0 aliphatic heterocycles. The Labute approximate surface area is 69.8 Å². The molecule has 0 aromatic rings. The van der Waals surface area contributed by atoms with Crippen molar-refractivity contribution in [1.29, 1.82) is 0 Å². The predicted octanol–water partition coefficient (Wildman–Crippen LogP) is 2.23. The Morgan fingerprint density at radius 2 is 1.75 bits per heavy atom. The van der Waals surface area contributed by atoms with Crippen molar-refractivity contribution in [3.8, 4) is 0 Å². The molecule has 0 atom stereocenters. The molecule has 0 aliphatic rings. The van der Waals surface area contributed by atoms with Crippen molar-refractivity contribution in [2.45, 2.75) is 5.94 Å². The van der Waals surface area contributed by atoms with Crippen LogP contribution >= 0.6 is 44.8 Å². The highest BCUT2D eigenvalue weighted by molar-refractivity contribution is 7.65. The summed E-state index contributed by atoms with van der Waals surface area (Å²) in [6, 6.07) is -2.35. The maximum absolute atomic E-state index is 5.52. The first kappa shape index (κ1) is 9.44. The maximum atomic E-state index is 5.52. The van der Waals surface area contributed by atoms with Crippen molar-refractivity contribution in [3.05, 3.63) is 0 Å². The molecule has 0 saturated carbocycles. The molecule has 0 bridgehead atoms. The van der Waals surface area contributed by atoms with Crippen LogP contribution in [0.1, 0.15) is 0 Å². The highest BCUT2D eigenvalue weighted by atomic mass is 35.8. The van der Waals surface area contributed by atoms with Gasteiger partial charge in [-0.3, -0.25) is 0 Å². The maximum Gasteiger partial charge on any atom is 0.334 e. The summed E-state index contributed by atoms with van der Waals surface area (Å²) in [5, 5.41) is 0. The van der Waals surface area contributed by atoms with Crippen molar-refractivity contribution in [2.24, 2.45) is 0 Å². The van der Waals surface area contributed by atoms with Gasteiger partial charge >= 0.3 is 6.00 Å². The molecule has 6 heteroatoms. The van der Waals surface area contributed by atoms with Crippen LogP contribution in [-0.2, 0) is 0 Å². The van der Waals surface area contributed by atoms with E-state index in [1.807, 2.05) is 0 Å². The van der Waals surface area contributed by atoms with E-state index >= 15 is 0 Å². The lowest BCUT2D eigenvalue weighted by Gasteiger charge is -2.02. The molecule has 48 valence electrons. The van der Waals surface area contributed by atoms with Crippen LogP contribution in [0.15, 0.2) is 0 Å². The van der Waals surface area contributed by atoms with Gasteiger partial charge in [-0.25, -0.2) is 0 Å². The minimum Gasteiger partial charge on any atom is -0.136 e. The molecule has 0 aliphatic carbocycles. The van der Waals surface area contributed by atoms with Crippen LogP contribution < -0.4 is 0 Å². The first-order chi connectivity index (χ1) is 3.56. The van der Waals surface area contributed by atoms with E-state index in [1.165, 1.54) is 0 Å². The van der Waals surface area contributed by atoms with Crippen LogP contribution in [0.25, 0.3) is 0 Å². The zero-order chi connectivity index (χ0) is 6.62.